The highest BCUT2D eigenvalue weighted by atomic mass is 16.5. The van der Waals surface area contributed by atoms with Crippen LogP contribution in [-0.4, -0.2) is 82.5 Å². The molecule has 3 heterocycles. The van der Waals surface area contributed by atoms with Crippen LogP contribution in [0.15, 0.2) is 4.52 Å². The summed E-state index contributed by atoms with van der Waals surface area (Å²) in [6.45, 7) is 6.69. The second-order valence-corrected chi connectivity index (χ2v) is 6.77. The van der Waals surface area contributed by atoms with Crippen LogP contribution in [0.2, 0.25) is 0 Å². The van der Waals surface area contributed by atoms with Gasteiger partial charge in [-0.25, -0.2) is 0 Å². The van der Waals surface area contributed by atoms with E-state index in [-0.39, 0.29) is 23.8 Å². The quantitative estimate of drug-likeness (QED) is 0.770. The van der Waals surface area contributed by atoms with E-state index in [9.17, 15) is 9.59 Å². The van der Waals surface area contributed by atoms with E-state index < -0.39 is 0 Å². The van der Waals surface area contributed by atoms with Gasteiger partial charge in [-0.3, -0.25) is 9.59 Å². The molecule has 0 spiro atoms. The van der Waals surface area contributed by atoms with Crippen LogP contribution < -0.4 is 0 Å². The third-order valence-corrected chi connectivity index (χ3v) is 4.97. The second kappa shape index (κ2) is 6.88. The summed E-state index contributed by atoms with van der Waals surface area (Å²) in [4.78, 5) is 34.8. The fourth-order valence-electron chi connectivity index (χ4n) is 3.54. The molecule has 0 unspecified atom stereocenters. The Morgan fingerprint density at radius 3 is 2.46 bits per heavy atom. The lowest BCUT2D eigenvalue weighted by Gasteiger charge is -2.42. The first-order valence-electron chi connectivity index (χ1n) is 8.50. The van der Waals surface area contributed by atoms with E-state index >= 15 is 0 Å². The van der Waals surface area contributed by atoms with Crippen molar-refractivity contribution in [2.75, 3.05) is 39.8 Å². The second-order valence-electron chi connectivity index (χ2n) is 6.77. The number of piperazine rings is 1. The van der Waals surface area contributed by atoms with Gasteiger partial charge in [0.25, 0.3) is 0 Å². The maximum atomic E-state index is 12.9. The highest BCUT2D eigenvalue weighted by Crippen LogP contribution is 2.27. The number of nitrogens with zero attached hydrogens (tertiary/aromatic N) is 5. The van der Waals surface area contributed by atoms with Crippen LogP contribution >= 0.6 is 0 Å². The van der Waals surface area contributed by atoms with E-state index in [2.05, 4.69) is 15.0 Å². The van der Waals surface area contributed by atoms with Gasteiger partial charge in [-0.2, -0.15) is 4.98 Å². The van der Waals surface area contributed by atoms with E-state index in [1.165, 1.54) is 6.92 Å². The van der Waals surface area contributed by atoms with E-state index in [4.69, 9.17) is 4.52 Å². The third-order valence-electron chi connectivity index (χ3n) is 4.97. The molecular formula is C16H25N5O3. The summed E-state index contributed by atoms with van der Waals surface area (Å²) in [6.07, 6.45) is 1.63. The Kier molecular flexibility index (Phi) is 4.84. The molecule has 0 aromatic carbocycles. The Balaban J connectivity index is 1.62. The zero-order valence-electron chi connectivity index (χ0n) is 14.6. The van der Waals surface area contributed by atoms with Crippen molar-refractivity contribution < 1.29 is 14.1 Å². The number of likely N-dealkylation sites (N-methyl/N-ethyl adjacent to an activating group) is 1. The molecule has 24 heavy (non-hydrogen) atoms. The first-order chi connectivity index (χ1) is 11.5. The van der Waals surface area contributed by atoms with Crippen molar-refractivity contribution in [2.45, 2.75) is 38.6 Å². The molecular weight excluding hydrogens is 310 g/mol. The highest BCUT2D eigenvalue weighted by Gasteiger charge is 2.37. The fraction of sp³-hybridized carbons (Fsp3) is 0.750. The smallest absolute Gasteiger partial charge is 0.246 e. The molecule has 2 saturated heterocycles. The minimum absolute atomic E-state index is 0.0299. The Bertz CT molecular complexity index is 609. The lowest BCUT2D eigenvalue weighted by molar-refractivity contribution is -0.148. The van der Waals surface area contributed by atoms with Crippen LogP contribution in [0.25, 0.3) is 0 Å². The number of hydrogen-bond acceptors (Lipinski definition) is 6. The van der Waals surface area contributed by atoms with Crippen molar-refractivity contribution in [3.63, 3.8) is 0 Å². The van der Waals surface area contributed by atoms with E-state index in [1.807, 2.05) is 18.9 Å². The first kappa shape index (κ1) is 16.9. The van der Waals surface area contributed by atoms with Gasteiger partial charge in [0.15, 0.2) is 5.82 Å². The lowest BCUT2D eigenvalue weighted by Crippen LogP contribution is -2.60. The Labute approximate surface area is 141 Å². The van der Waals surface area contributed by atoms with E-state index in [1.54, 1.807) is 4.90 Å². The molecule has 2 aliphatic rings. The lowest BCUT2D eigenvalue weighted by atomic mass is 9.96. The molecule has 2 amide bonds. The zero-order chi connectivity index (χ0) is 17.3. The number of rotatable bonds is 2. The van der Waals surface area contributed by atoms with E-state index in [0.717, 1.165) is 19.4 Å². The van der Waals surface area contributed by atoms with Gasteiger partial charge in [0.2, 0.25) is 17.7 Å². The molecule has 8 heteroatoms. The molecule has 0 radical (unpaired) electrons. The maximum Gasteiger partial charge on any atom is 0.246 e. The van der Waals surface area contributed by atoms with Crippen molar-refractivity contribution in [1.82, 2.24) is 24.8 Å². The summed E-state index contributed by atoms with van der Waals surface area (Å²) in [5.74, 6) is 1.55. The van der Waals surface area contributed by atoms with Crippen molar-refractivity contribution >= 4 is 11.8 Å². The zero-order valence-corrected chi connectivity index (χ0v) is 14.6. The van der Waals surface area contributed by atoms with Gasteiger partial charge in [0.05, 0.1) is 0 Å². The molecule has 0 saturated carbocycles. The minimum Gasteiger partial charge on any atom is -0.341 e. The van der Waals surface area contributed by atoms with Gasteiger partial charge in [0.1, 0.15) is 6.04 Å². The highest BCUT2D eigenvalue weighted by molar-refractivity contribution is 5.87. The van der Waals surface area contributed by atoms with Crippen molar-refractivity contribution in [3.8, 4) is 0 Å². The van der Waals surface area contributed by atoms with Crippen LogP contribution in [0.5, 0.6) is 0 Å². The Morgan fingerprint density at radius 2 is 1.88 bits per heavy atom. The van der Waals surface area contributed by atoms with Gasteiger partial charge in [-0.15, -0.1) is 0 Å². The summed E-state index contributed by atoms with van der Waals surface area (Å²) in [7, 11) is 1.99. The van der Waals surface area contributed by atoms with Crippen molar-refractivity contribution in [3.05, 3.63) is 11.7 Å². The number of likely N-dealkylation sites (tertiary alicyclic amines) is 1. The fourth-order valence-corrected chi connectivity index (χ4v) is 3.54. The molecule has 2 fully saturated rings. The van der Waals surface area contributed by atoms with Gasteiger partial charge < -0.3 is 19.2 Å². The van der Waals surface area contributed by atoms with Gasteiger partial charge in [0, 0.05) is 45.6 Å². The first-order valence-corrected chi connectivity index (χ1v) is 8.50. The molecule has 0 bridgehead atoms. The summed E-state index contributed by atoms with van der Waals surface area (Å²) >= 11 is 0. The predicted octanol–water partition coefficient (Wildman–Crippen LogP) is 0.247. The molecule has 1 aromatic heterocycles. The number of aromatic nitrogens is 2. The molecule has 3 rings (SSSR count). The predicted molar refractivity (Wildman–Crippen MR) is 86.3 cm³/mol. The number of amides is 2. The van der Waals surface area contributed by atoms with E-state index in [0.29, 0.717) is 37.9 Å². The van der Waals surface area contributed by atoms with Crippen LogP contribution in [0.4, 0.5) is 0 Å². The summed E-state index contributed by atoms with van der Waals surface area (Å²) < 4.78 is 5.25. The molecule has 0 N–H and O–H groups in total. The number of carbonyl (C=O) groups is 2. The summed E-state index contributed by atoms with van der Waals surface area (Å²) in [5.41, 5.74) is 0. The molecule has 8 nitrogen and oxygen atoms in total. The summed E-state index contributed by atoms with van der Waals surface area (Å²) in [5, 5.41) is 3.84. The largest absolute Gasteiger partial charge is 0.341 e. The molecule has 2 aliphatic heterocycles. The van der Waals surface area contributed by atoms with Crippen LogP contribution in [-0.2, 0) is 9.59 Å². The Morgan fingerprint density at radius 1 is 1.17 bits per heavy atom. The van der Waals surface area contributed by atoms with Gasteiger partial charge >= 0.3 is 0 Å². The number of aryl methyl sites for hydroxylation is 1. The Hall–Kier alpha value is -1.96. The average molecular weight is 335 g/mol. The van der Waals surface area contributed by atoms with Gasteiger partial charge in [-0.05, 0) is 26.8 Å². The monoisotopic (exact) mass is 335 g/mol. The van der Waals surface area contributed by atoms with Crippen molar-refractivity contribution in [1.29, 1.82) is 0 Å². The molecule has 132 valence electrons. The van der Waals surface area contributed by atoms with Crippen LogP contribution in [0, 0.1) is 6.92 Å². The number of carbonyl (C=O) groups excluding carboxylic acids is 2. The molecule has 0 aliphatic carbocycles. The molecule has 1 aromatic rings. The third kappa shape index (κ3) is 3.43. The van der Waals surface area contributed by atoms with Gasteiger partial charge in [-0.1, -0.05) is 5.16 Å². The topological polar surface area (TPSA) is 82.8 Å². The number of piperidine rings is 1. The van der Waals surface area contributed by atoms with Crippen LogP contribution in [0.3, 0.4) is 0 Å². The summed E-state index contributed by atoms with van der Waals surface area (Å²) in [6, 6.07) is -0.372. The van der Waals surface area contributed by atoms with Crippen molar-refractivity contribution in [2.24, 2.45) is 0 Å². The van der Waals surface area contributed by atoms with Crippen LogP contribution in [0.1, 0.15) is 37.4 Å². The standard InChI is InChI=1S/C16H25N5O3/c1-11-17-15(24-18-11)13-4-6-20(7-5-13)16(23)14-10-19(3)8-9-21(14)12(2)22/h13-14H,4-10H2,1-3H3/t14-/m1/s1. The normalized spacial score (nSPS) is 23.5. The minimum atomic E-state index is -0.372. The maximum absolute atomic E-state index is 12.9. The average Bonchev–Trinajstić information content (AvgIpc) is 3.00. The SMILES string of the molecule is CC(=O)N1CCN(C)C[C@@H]1C(=O)N1CCC(c2nc(C)no2)CC1. The molecule has 1 atom stereocenters. The number of hydrogen-bond donors (Lipinski definition) is 0.